The second kappa shape index (κ2) is 7.48. The van der Waals surface area contributed by atoms with E-state index in [4.69, 9.17) is 4.74 Å². The lowest BCUT2D eigenvalue weighted by Gasteiger charge is -2.27. The number of benzene rings is 1. The molecule has 0 bridgehead atoms. The molecule has 1 atom stereocenters. The smallest absolute Gasteiger partial charge is 0.124 e. The molecular weight excluding hydrogens is 240 g/mol. The Labute approximate surface area is 115 Å². The maximum atomic E-state index is 10.3. The van der Waals surface area contributed by atoms with E-state index >= 15 is 0 Å². The average Bonchev–Trinajstić information content (AvgIpc) is 2.48. The van der Waals surface area contributed by atoms with Crippen LogP contribution in [0.4, 0.5) is 0 Å². The Morgan fingerprint density at radius 3 is 2.79 bits per heavy atom. The monoisotopic (exact) mass is 264 g/mol. The Kier molecular flexibility index (Phi) is 5.63. The van der Waals surface area contributed by atoms with Gasteiger partial charge in [-0.05, 0) is 25.5 Å². The van der Waals surface area contributed by atoms with Crippen molar-refractivity contribution < 1.29 is 9.84 Å². The van der Waals surface area contributed by atoms with Crippen LogP contribution in [0, 0.1) is 0 Å². The second-order valence-electron chi connectivity index (χ2n) is 4.99. The zero-order chi connectivity index (χ0) is 13.5. The molecular formula is C15H24N2O2. The summed E-state index contributed by atoms with van der Waals surface area (Å²) in [6.45, 7) is 5.45. The Hall–Kier alpha value is -1.10. The minimum Gasteiger partial charge on any atom is -0.496 e. The molecule has 0 aromatic heterocycles. The van der Waals surface area contributed by atoms with E-state index in [1.54, 1.807) is 7.11 Å². The maximum absolute atomic E-state index is 10.3. The molecule has 1 aliphatic rings. The molecule has 1 unspecified atom stereocenters. The fourth-order valence-electron chi connectivity index (χ4n) is 2.54. The first-order valence-electron chi connectivity index (χ1n) is 7.05. The molecule has 4 nitrogen and oxygen atoms in total. The van der Waals surface area contributed by atoms with Crippen molar-refractivity contribution >= 4 is 0 Å². The highest BCUT2D eigenvalue weighted by atomic mass is 16.5. The zero-order valence-corrected chi connectivity index (χ0v) is 11.6. The summed E-state index contributed by atoms with van der Waals surface area (Å²) in [5, 5.41) is 13.6. The van der Waals surface area contributed by atoms with E-state index in [1.807, 2.05) is 24.3 Å². The molecule has 1 saturated heterocycles. The van der Waals surface area contributed by atoms with E-state index in [2.05, 4.69) is 10.2 Å². The van der Waals surface area contributed by atoms with Gasteiger partial charge >= 0.3 is 0 Å². The van der Waals surface area contributed by atoms with Crippen LogP contribution in [0.1, 0.15) is 24.5 Å². The lowest BCUT2D eigenvalue weighted by atomic mass is 10.0. The summed E-state index contributed by atoms with van der Waals surface area (Å²) >= 11 is 0. The van der Waals surface area contributed by atoms with E-state index in [0.29, 0.717) is 0 Å². The lowest BCUT2D eigenvalue weighted by molar-refractivity contribution is 0.149. The zero-order valence-electron chi connectivity index (χ0n) is 11.6. The van der Waals surface area contributed by atoms with E-state index in [-0.39, 0.29) is 0 Å². The molecule has 1 aromatic rings. The summed E-state index contributed by atoms with van der Waals surface area (Å²) in [5.74, 6) is 0.775. The van der Waals surface area contributed by atoms with E-state index in [0.717, 1.165) is 56.9 Å². The van der Waals surface area contributed by atoms with Crippen LogP contribution < -0.4 is 10.1 Å². The molecule has 1 fully saturated rings. The molecule has 0 radical (unpaired) electrons. The van der Waals surface area contributed by atoms with Crippen molar-refractivity contribution in [1.29, 1.82) is 0 Å². The Morgan fingerprint density at radius 2 is 2.05 bits per heavy atom. The van der Waals surface area contributed by atoms with Crippen LogP contribution in [0.25, 0.3) is 0 Å². The Balaban J connectivity index is 1.78. The number of nitrogens with one attached hydrogen (secondary N) is 1. The first-order valence-corrected chi connectivity index (χ1v) is 7.05. The van der Waals surface area contributed by atoms with Crippen LogP contribution >= 0.6 is 0 Å². The van der Waals surface area contributed by atoms with Gasteiger partial charge in [-0.3, -0.25) is 0 Å². The van der Waals surface area contributed by atoms with Gasteiger partial charge in [0.25, 0.3) is 0 Å². The van der Waals surface area contributed by atoms with Gasteiger partial charge in [0.1, 0.15) is 5.75 Å². The Morgan fingerprint density at radius 1 is 1.32 bits per heavy atom. The largest absolute Gasteiger partial charge is 0.496 e. The van der Waals surface area contributed by atoms with Gasteiger partial charge in [0, 0.05) is 31.7 Å². The predicted molar refractivity (Wildman–Crippen MR) is 76.5 cm³/mol. The predicted octanol–water partition coefficient (Wildman–Crippen LogP) is 1.41. The first kappa shape index (κ1) is 14.3. The molecule has 0 spiro atoms. The van der Waals surface area contributed by atoms with Gasteiger partial charge in [-0.1, -0.05) is 18.2 Å². The van der Waals surface area contributed by atoms with Crippen LogP contribution in [0.15, 0.2) is 24.3 Å². The van der Waals surface area contributed by atoms with Crippen molar-refractivity contribution in [2.75, 3.05) is 39.8 Å². The van der Waals surface area contributed by atoms with Gasteiger partial charge < -0.3 is 20.1 Å². The minimum atomic E-state index is -0.431. The fourth-order valence-corrected chi connectivity index (χ4v) is 2.54. The third-order valence-electron chi connectivity index (χ3n) is 3.66. The topological polar surface area (TPSA) is 44.7 Å². The number of para-hydroxylation sites is 1. The SMILES string of the molecule is COc1ccccc1C(O)CCCN1CCNCC1. The molecule has 0 amide bonds. The van der Waals surface area contributed by atoms with Gasteiger partial charge in [-0.2, -0.15) is 0 Å². The number of ether oxygens (including phenoxy) is 1. The lowest BCUT2D eigenvalue weighted by Crippen LogP contribution is -2.43. The molecule has 2 N–H and O–H groups in total. The normalized spacial score (nSPS) is 18.2. The third-order valence-corrected chi connectivity index (χ3v) is 3.66. The number of methoxy groups -OCH3 is 1. The first-order chi connectivity index (χ1) is 9.31. The van der Waals surface area contributed by atoms with Crippen LogP contribution in [-0.2, 0) is 0 Å². The van der Waals surface area contributed by atoms with Gasteiger partial charge in [0.2, 0.25) is 0 Å². The van der Waals surface area contributed by atoms with Crippen molar-refractivity contribution in [3.05, 3.63) is 29.8 Å². The summed E-state index contributed by atoms with van der Waals surface area (Å²) in [6, 6.07) is 7.70. The number of aliphatic hydroxyl groups is 1. The highest BCUT2D eigenvalue weighted by Crippen LogP contribution is 2.27. The number of aliphatic hydroxyl groups excluding tert-OH is 1. The van der Waals surface area contributed by atoms with Crippen LogP contribution in [0.3, 0.4) is 0 Å². The van der Waals surface area contributed by atoms with Crippen molar-refractivity contribution in [2.45, 2.75) is 18.9 Å². The third kappa shape index (κ3) is 4.20. The standard InChI is InChI=1S/C15H24N2O2/c1-19-15-7-3-2-5-13(15)14(18)6-4-10-17-11-8-16-9-12-17/h2-3,5,7,14,16,18H,4,6,8-12H2,1H3. The molecule has 2 rings (SSSR count). The summed E-state index contributed by atoms with van der Waals surface area (Å²) in [5.41, 5.74) is 0.894. The number of piperazine rings is 1. The highest BCUT2D eigenvalue weighted by molar-refractivity contribution is 5.34. The fraction of sp³-hybridized carbons (Fsp3) is 0.600. The average molecular weight is 264 g/mol. The van der Waals surface area contributed by atoms with Crippen LogP contribution in [0.5, 0.6) is 5.75 Å². The number of rotatable bonds is 6. The van der Waals surface area contributed by atoms with E-state index < -0.39 is 6.10 Å². The highest BCUT2D eigenvalue weighted by Gasteiger charge is 2.14. The Bertz CT molecular complexity index is 378. The van der Waals surface area contributed by atoms with Crippen LogP contribution in [-0.4, -0.2) is 49.8 Å². The van der Waals surface area contributed by atoms with E-state index in [9.17, 15) is 5.11 Å². The molecule has 0 saturated carbocycles. The van der Waals surface area contributed by atoms with Gasteiger partial charge in [0.15, 0.2) is 0 Å². The molecule has 1 heterocycles. The quantitative estimate of drug-likeness (QED) is 0.815. The van der Waals surface area contributed by atoms with Crippen molar-refractivity contribution in [3.63, 3.8) is 0 Å². The maximum Gasteiger partial charge on any atom is 0.124 e. The van der Waals surface area contributed by atoms with Crippen molar-refractivity contribution in [3.8, 4) is 5.75 Å². The van der Waals surface area contributed by atoms with Crippen molar-refractivity contribution in [1.82, 2.24) is 10.2 Å². The summed E-state index contributed by atoms with van der Waals surface area (Å²) in [6.07, 6.45) is 1.36. The van der Waals surface area contributed by atoms with Crippen molar-refractivity contribution in [2.24, 2.45) is 0 Å². The summed E-state index contributed by atoms with van der Waals surface area (Å²) in [7, 11) is 1.65. The molecule has 1 aromatic carbocycles. The van der Waals surface area contributed by atoms with Gasteiger partial charge in [0.05, 0.1) is 13.2 Å². The minimum absolute atomic E-state index is 0.431. The number of hydrogen-bond acceptors (Lipinski definition) is 4. The number of hydrogen-bond donors (Lipinski definition) is 2. The molecule has 1 aliphatic heterocycles. The van der Waals surface area contributed by atoms with E-state index in [1.165, 1.54) is 0 Å². The van der Waals surface area contributed by atoms with Gasteiger partial charge in [-0.15, -0.1) is 0 Å². The van der Waals surface area contributed by atoms with Crippen LogP contribution in [0.2, 0.25) is 0 Å². The molecule has 0 aliphatic carbocycles. The molecule has 106 valence electrons. The number of nitrogens with zero attached hydrogens (tertiary/aromatic N) is 1. The summed E-state index contributed by atoms with van der Waals surface area (Å²) in [4.78, 5) is 2.45. The van der Waals surface area contributed by atoms with Gasteiger partial charge in [-0.25, -0.2) is 0 Å². The summed E-state index contributed by atoms with van der Waals surface area (Å²) < 4.78 is 5.28. The molecule has 19 heavy (non-hydrogen) atoms. The second-order valence-corrected chi connectivity index (χ2v) is 4.99. The molecule has 4 heteroatoms.